The van der Waals surface area contributed by atoms with Crippen molar-refractivity contribution in [1.29, 1.82) is 0 Å². The standard InChI is InChI=1S/C21H23N5O/c27-21(24-16-8-2-1-3-9-16)23-15-17-14-20(19-12-6-7-13-22-19)26(25-17)18-10-4-5-11-18/h1-3,6-9,12-14,18H,4-5,10-11,15H2,(H2,23,24,27). The number of amides is 2. The summed E-state index contributed by atoms with van der Waals surface area (Å²) in [5.41, 5.74) is 3.53. The van der Waals surface area contributed by atoms with E-state index in [2.05, 4.69) is 20.3 Å². The first-order valence-corrected chi connectivity index (χ1v) is 9.39. The molecule has 1 aliphatic rings. The van der Waals surface area contributed by atoms with Gasteiger partial charge in [-0.2, -0.15) is 5.10 Å². The second kappa shape index (κ2) is 8.03. The van der Waals surface area contributed by atoms with E-state index in [1.807, 2.05) is 54.6 Å². The second-order valence-corrected chi connectivity index (χ2v) is 6.79. The second-order valence-electron chi connectivity index (χ2n) is 6.79. The normalized spacial score (nSPS) is 14.2. The lowest BCUT2D eigenvalue weighted by atomic mass is 10.2. The van der Waals surface area contributed by atoms with Crippen molar-refractivity contribution in [2.45, 2.75) is 38.3 Å². The van der Waals surface area contributed by atoms with Crippen LogP contribution in [0.3, 0.4) is 0 Å². The minimum atomic E-state index is -0.240. The van der Waals surface area contributed by atoms with E-state index in [4.69, 9.17) is 5.10 Å². The van der Waals surface area contributed by atoms with E-state index in [1.165, 1.54) is 12.8 Å². The first-order valence-electron chi connectivity index (χ1n) is 9.39. The van der Waals surface area contributed by atoms with Gasteiger partial charge in [0.15, 0.2) is 0 Å². The van der Waals surface area contributed by atoms with Crippen LogP contribution >= 0.6 is 0 Å². The summed E-state index contributed by atoms with van der Waals surface area (Å²) >= 11 is 0. The molecule has 0 atom stereocenters. The average Bonchev–Trinajstić information content (AvgIpc) is 3.37. The molecule has 4 rings (SSSR count). The van der Waals surface area contributed by atoms with Crippen molar-refractivity contribution in [2.75, 3.05) is 5.32 Å². The van der Waals surface area contributed by atoms with E-state index in [0.717, 1.165) is 35.6 Å². The Labute approximate surface area is 158 Å². The van der Waals surface area contributed by atoms with Gasteiger partial charge in [-0.3, -0.25) is 9.67 Å². The molecule has 2 N–H and O–H groups in total. The summed E-state index contributed by atoms with van der Waals surface area (Å²) in [5, 5.41) is 10.5. The fraction of sp³-hybridized carbons (Fsp3) is 0.286. The maximum atomic E-state index is 12.1. The molecule has 2 aromatic heterocycles. The third-order valence-electron chi connectivity index (χ3n) is 4.85. The highest BCUT2D eigenvalue weighted by atomic mass is 16.2. The molecule has 1 saturated carbocycles. The zero-order valence-electron chi connectivity index (χ0n) is 15.1. The van der Waals surface area contributed by atoms with E-state index in [-0.39, 0.29) is 6.03 Å². The summed E-state index contributed by atoms with van der Waals surface area (Å²) < 4.78 is 2.10. The summed E-state index contributed by atoms with van der Waals surface area (Å²) in [4.78, 5) is 16.6. The van der Waals surface area contributed by atoms with Gasteiger partial charge in [-0.15, -0.1) is 0 Å². The van der Waals surface area contributed by atoms with Gasteiger partial charge in [0.05, 0.1) is 29.7 Å². The van der Waals surface area contributed by atoms with Gasteiger partial charge < -0.3 is 10.6 Å². The highest BCUT2D eigenvalue weighted by Crippen LogP contribution is 2.33. The molecule has 138 valence electrons. The molecule has 2 amide bonds. The number of anilines is 1. The van der Waals surface area contributed by atoms with Gasteiger partial charge in [-0.05, 0) is 43.2 Å². The predicted molar refractivity (Wildman–Crippen MR) is 105 cm³/mol. The molecular formula is C21H23N5O. The maximum absolute atomic E-state index is 12.1. The van der Waals surface area contributed by atoms with Crippen molar-refractivity contribution in [2.24, 2.45) is 0 Å². The number of aromatic nitrogens is 3. The average molecular weight is 361 g/mol. The highest BCUT2D eigenvalue weighted by Gasteiger charge is 2.22. The van der Waals surface area contributed by atoms with Crippen LogP contribution in [-0.2, 0) is 6.54 Å². The predicted octanol–water partition coefficient (Wildman–Crippen LogP) is 4.38. The minimum Gasteiger partial charge on any atom is -0.332 e. The molecule has 0 saturated heterocycles. The molecule has 3 aromatic rings. The van der Waals surface area contributed by atoms with Crippen LogP contribution in [-0.4, -0.2) is 20.8 Å². The van der Waals surface area contributed by atoms with Gasteiger partial charge in [0.2, 0.25) is 0 Å². The summed E-state index contributed by atoms with van der Waals surface area (Å²) in [6.45, 7) is 0.373. The molecule has 1 fully saturated rings. The van der Waals surface area contributed by atoms with Crippen LogP contribution in [0.15, 0.2) is 60.8 Å². The van der Waals surface area contributed by atoms with Crippen LogP contribution in [0.5, 0.6) is 0 Å². The number of benzene rings is 1. The number of hydrogen-bond acceptors (Lipinski definition) is 3. The number of para-hydroxylation sites is 1. The Kier molecular flexibility index (Phi) is 5.14. The van der Waals surface area contributed by atoms with E-state index in [9.17, 15) is 4.79 Å². The Morgan fingerprint density at radius 1 is 1.07 bits per heavy atom. The molecule has 0 bridgehead atoms. The topological polar surface area (TPSA) is 71.8 Å². The van der Waals surface area contributed by atoms with E-state index >= 15 is 0 Å². The van der Waals surface area contributed by atoms with Gasteiger partial charge in [0.25, 0.3) is 0 Å². The third-order valence-corrected chi connectivity index (χ3v) is 4.85. The highest BCUT2D eigenvalue weighted by molar-refractivity contribution is 5.89. The summed E-state index contributed by atoms with van der Waals surface area (Å²) in [5.74, 6) is 0. The number of urea groups is 1. The summed E-state index contributed by atoms with van der Waals surface area (Å²) in [6, 6.07) is 17.5. The number of pyridine rings is 1. The molecule has 1 aromatic carbocycles. The number of carbonyl (C=O) groups excluding carboxylic acids is 1. The van der Waals surface area contributed by atoms with Crippen LogP contribution in [0.1, 0.15) is 37.4 Å². The Bertz CT molecular complexity index is 885. The SMILES string of the molecule is O=C(NCc1cc(-c2ccccn2)n(C2CCCC2)n1)Nc1ccccc1. The van der Waals surface area contributed by atoms with Gasteiger partial charge in [0, 0.05) is 11.9 Å². The summed E-state index contributed by atoms with van der Waals surface area (Å²) in [7, 11) is 0. The van der Waals surface area contributed by atoms with Crippen molar-refractivity contribution >= 4 is 11.7 Å². The van der Waals surface area contributed by atoms with Crippen molar-refractivity contribution < 1.29 is 4.79 Å². The van der Waals surface area contributed by atoms with Crippen molar-refractivity contribution in [3.05, 3.63) is 66.5 Å². The van der Waals surface area contributed by atoms with Crippen LogP contribution in [0, 0.1) is 0 Å². The Morgan fingerprint density at radius 2 is 1.85 bits per heavy atom. The quantitative estimate of drug-likeness (QED) is 0.708. The molecule has 6 nitrogen and oxygen atoms in total. The van der Waals surface area contributed by atoms with Crippen LogP contribution < -0.4 is 10.6 Å². The van der Waals surface area contributed by atoms with Crippen LogP contribution in [0.25, 0.3) is 11.4 Å². The molecule has 0 unspecified atom stereocenters. The number of rotatable bonds is 5. The number of nitrogens with one attached hydrogen (secondary N) is 2. The Hall–Kier alpha value is -3.15. The van der Waals surface area contributed by atoms with Gasteiger partial charge in [-0.1, -0.05) is 37.1 Å². The first-order chi connectivity index (χ1) is 13.3. The molecule has 1 aliphatic carbocycles. The molecular weight excluding hydrogens is 338 g/mol. The molecule has 6 heteroatoms. The van der Waals surface area contributed by atoms with E-state index in [1.54, 1.807) is 6.20 Å². The molecule has 0 spiro atoms. The zero-order valence-corrected chi connectivity index (χ0v) is 15.1. The number of hydrogen-bond donors (Lipinski definition) is 2. The van der Waals surface area contributed by atoms with Crippen molar-refractivity contribution in [3.63, 3.8) is 0 Å². The fourth-order valence-corrected chi connectivity index (χ4v) is 3.53. The molecule has 2 heterocycles. The monoisotopic (exact) mass is 361 g/mol. The Balaban J connectivity index is 1.48. The van der Waals surface area contributed by atoms with Gasteiger partial charge >= 0.3 is 6.03 Å². The van der Waals surface area contributed by atoms with Gasteiger partial charge in [-0.25, -0.2) is 4.79 Å². The Morgan fingerprint density at radius 3 is 2.59 bits per heavy atom. The van der Waals surface area contributed by atoms with Crippen LogP contribution in [0.4, 0.5) is 10.5 Å². The molecule has 0 radical (unpaired) electrons. The van der Waals surface area contributed by atoms with E-state index < -0.39 is 0 Å². The number of nitrogens with zero attached hydrogens (tertiary/aromatic N) is 3. The largest absolute Gasteiger partial charge is 0.332 e. The lowest BCUT2D eigenvalue weighted by Gasteiger charge is -2.13. The lowest BCUT2D eigenvalue weighted by Crippen LogP contribution is -2.28. The summed E-state index contributed by atoms with van der Waals surface area (Å²) in [6.07, 6.45) is 6.55. The van der Waals surface area contributed by atoms with Gasteiger partial charge in [0.1, 0.15) is 0 Å². The number of carbonyl (C=O) groups is 1. The smallest absolute Gasteiger partial charge is 0.319 e. The maximum Gasteiger partial charge on any atom is 0.319 e. The fourth-order valence-electron chi connectivity index (χ4n) is 3.53. The van der Waals surface area contributed by atoms with Crippen LogP contribution in [0.2, 0.25) is 0 Å². The van der Waals surface area contributed by atoms with E-state index in [0.29, 0.717) is 12.6 Å². The molecule has 0 aliphatic heterocycles. The van der Waals surface area contributed by atoms with Crippen molar-refractivity contribution in [1.82, 2.24) is 20.1 Å². The van der Waals surface area contributed by atoms with Crippen molar-refractivity contribution in [3.8, 4) is 11.4 Å². The first kappa shape index (κ1) is 17.3. The molecule has 27 heavy (non-hydrogen) atoms. The third kappa shape index (κ3) is 4.16. The minimum absolute atomic E-state index is 0.240. The zero-order chi connectivity index (χ0) is 18.5. The lowest BCUT2D eigenvalue weighted by molar-refractivity contribution is 0.251.